The quantitative estimate of drug-likeness (QED) is 0.514. The van der Waals surface area contributed by atoms with Gasteiger partial charge in [0.1, 0.15) is 0 Å². The van der Waals surface area contributed by atoms with Gasteiger partial charge in [-0.25, -0.2) is 4.99 Å². The molecule has 0 radical (unpaired) electrons. The lowest BCUT2D eigenvalue weighted by Crippen LogP contribution is -2.37. The van der Waals surface area contributed by atoms with Gasteiger partial charge in [0, 0.05) is 6.04 Å². The highest BCUT2D eigenvalue weighted by Gasteiger charge is 2.48. The van der Waals surface area contributed by atoms with Crippen molar-refractivity contribution in [3.05, 3.63) is 0 Å². The van der Waals surface area contributed by atoms with E-state index in [0.29, 0.717) is 23.5 Å². The molecule has 3 N–H and O–H groups in total. The van der Waals surface area contributed by atoms with Crippen LogP contribution < -0.4 is 11.1 Å². The first kappa shape index (κ1) is 10.4. The normalized spacial score (nSPS) is 33.6. The maximum Gasteiger partial charge on any atom is 0.189 e. The fourth-order valence-corrected chi connectivity index (χ4v) is 1.47. The molecule has 1 fully saturated rings. The van der Waals surface area contributed by atoms with Gasteiger partial charge in [-0.3, -0.25) is 0 Å². The highest BCUT2D eigenvalue weighted by atomic mass is 15.1. The molecule has 0 bridgehead atoms. The van der Waals surface area contributed by atoms with E-state index in [2.05, 4.69) is 38.0 Å². The lowest BCUT2D eigenvalue weighted by atomic mass is 10.1. The molecular weight excluding hydrogens is 162 g/mol. The second-order valence-corrected chi connectivity index (χ2v) is 4.54. The summed E-state index contributed by atoms with van der Waals surface area (Å²) in [5, 5.41) is 3.10. The summed E-state index contributed by atoms with van der Waals surface area (Å²) in [4.78, 5) is 4.44. The standard InChI is InChI=1S/C10H21N3/c1-5-10(4)6-8(10)13-9(11)12-7(2)3/h7-8H,5-6H2,1-4H3,(H3,11,12,13). The second-order valence-electron chi connectivity index (χ2n) is 4.54. The molecule has 0 aliphatic heterocycles. The molecule has 76 valence electrons. The van der Waals surface area contributed by atoms with Crippen molar-refractivity contribution in [3.8, 4) is 0 Å². The number of hydrogen-bond acceptors (Lipinski definition) is 1. The third-order valence-electron chi connectivity index (χ3n) is 2.84. The Morgan fingerprint density at radius 2 is 2.31 bits per heavy atom. The van der Waals surface area contributed by atoms with Gasteiger partial charge in [0.25, 0.3) is 0 Å². The van der Waals surface area contributed by atoms with Gasteiger partial charge in [0.2, 0.25) is 0 Å². The summed E-state index contributed by atoms with van der Waals surface area (Å²) < 4.78 is 0. The number of rotatable bonds is 3. The van der Waals surface area contributed by atoms with Crippen molar-refractivity contribution in [3.63, 3.8) is 0 Å². The molecule has 1 rings (SSSR count). The van der Waals surface area contributed by atoms with Crippen LogP contribution in [-0.4, -0.2) is 18.0 Å². The monoisotopic (exact) mass is 183 g/mol. The summed E-state index contributed by atoms with van der Waals surface area (Å²) >= 11 is 0. The van der Waals surface area contributed by atoms with Crippen LogP contribution in [0.3, 0.4) is 0 Å². The lowest BCUT2D eigenvalue weighted by Gasteiger charge is -2.09. The first-order valence-electron chi connectivity index (χ1n) is 5.07. The molecule has 2 unspecified atom stereocenters. The zero-order valence-corrected chi connectivity index (χ0v) is 9.09. The molecule has 3 heteroatoms. The van der Waals surface area contributed by atoms with Crippen LogP contribution in [0.4, 0.5) is 0 Å². The van der Waals surface area contributed by atoms with Crippen molar-refractivity contribution in [2.45, 2.75) is 52.6 Å². The Morgan fingerprint density at radius 1 is 1.69 bits per heavy atom. The van der Waals surface area contributed by atoms with Crippen molar-refractivity contribution in [2.75, 3.05) is 0 Å². The van der Waals surface area contributed by atoms with Crippen LogP contribution in [0.5, 0.6) is 0 Å². The largest absolute Gasteiger partial charge is 0.370 e. The van der Waals surface area contributed by atoms with E-state index in [-0.39, 0.29) is 0 Å². The van der Waals surface area contributed by atoms with Gasteiger partial charge in [0.15, 0.2) is 5.96 Å². The lowest BCUT2D eigenvalue weighted by molar-refractivity contribution is 0.526. The van der Waals surface area contributed by atoms with Crippen LogP contribution in [0.15, 0.2) is 4.99 Å². The predicted octanol–water partition coefficient (Wildman–Crippen LogP) is 1.49. The van der Waals surface area contributed by atoms with Crippen LogP contribution in [-0.2, 0) is 0 Å². The van der Waals surface area contributed by atoms with Crippen molar-refractivity contribution < 1.29 is 0 Å². The summed E-state index contributed by atoms with van der Waals surface area (Å²) in [6.45, 7) is 8.61. The summed E-state index contributed by atoms with van der Waals surface area (Å²) in [6, 6.07) is 0.819. The molecule has 13 heavy (non-hydrogen) atoms. The van der Waals surface area contributed by atoms with E-state index in [0.717, 1.165) is 0 Å². The predicted molar refractivity (Wildman–Crippen MR) is 56.7 cm³/mol. The van der Waals surface area contributed by atoms with Gasteiger partial charge in [-0.1, -0.05) is 13.8 Å². The highest BCUT2D eigenvalue weighted by Crippen LogP contribution is 2.50. The van der Waals surface area contributed by atoms with Gasteiger partial charge < -0.3 is 11.1 Å². The van der Waals surface area contributed by atoms with Gasteiger partial charge in [-0.15, -0.1) is 0 Å². The first-order chi connectivity index (χ1) is 5.98. The molecule has 0 saturated heterocycles. The van der Waals surface area contributed by atoms with E-state index in [9.17, 15) is 0 Å². The summed E-state index contributed by atoms with van der Waals surface area (Å²) in [5.41, 5.74) is 6.15. The van der Waals surface area contributed by atoms with Crippen LogP contribution in [0.25, 0.3) is 0 Å². The van der Waals surface area contributed by atoms with Crippen molar-refractivity contribution in [2.24, 2.45) is 16.1 Å². The highest BCUT2D eigenvalue weighted by molar-refractivity contribution is 5.78. The number of nitrogens with one attached hydrogen (secondary N) is 1. The number of nitrogens with two attached hydrogens (primary N) is 1. The Kier molecular flexibility index (Phi) is 2.84. The average molecular weight is 183 g/mol. The Labute approximate surface area is 80.8 Å². The number of nitrogens with zero attached hydrogens (tertiary/aromatic N) is 1. The molecule has 0 amide bonds. The van der Waals surface area contributed by atoms with Crippen LogP contribution in [0.2, 0.25) is 0 Å². The van der Waals surface area contributed by atoms with E-state index < -0.39 is 0 Å². The third kappa shape index (κ3) is 2.61. The first-order valence-corrected chi connectivity index (χ1v) is 5.07. The zero-order chi connectivity index (χ0) is 10.1. The number of aliphatic imine (C=N–C) groups is 1. The van der Waals surface area contributed by atoms with Crippen LogP contribution in [0.1, 0.15) is 40.5 Å². The second kappa shape index (κ2) is 3.56. The number of guanidine groups is 1. The Morgan fingerprint density at radius 3 is 2.69 bits per heavy atom. The molecule has 0 aromatic heterocycles. The molecule has 2 atom stereocenters. The molecule has 0 heterocycles. The minimum atomic E-state index is 0.371. The maximum atomic E-state index is 5.73. The van der Waals surface area contributed by atoms with E-state index in [1.165, 1.54) is 12.8 Å². The van der Waals surface area contributed by atoms with Crippen molar-refractivity contribution in [1.82, 2.24) is 5.32 Å². The van der Waals surface area contributed by atoms with E-state index >= 15 is 0 Å². The minimum absolute atomic E-state index is 0.371. The van der Waals surface area contributed by atoms with Gasteiger partial charge in [0.05, 0.1) is 6.04 Å². The zero-order valence-electron chi connectivity index (χ0n) is 9.09. The molecule has 3 nitrogen and oxygen atoms in total. The van der Waals surface area contributed by atoms with Crippen LogP contribution in [0, 0.1) is 5.41 Å². The van der Waals surface area contributed by atoms with Crippen LogP contribution >= 0.6 is 0 Å². The fraction of sp³-hybridized carbons (Fsp3) is 0.900. The van der Waals surface area contributed by atoms with E-state index in [4.69, 9.17) is 5.73 Å². The maximum absolute atomic E-state index is 5.73. The molecule has 0 aromatic carbocycles. The molecule has 1 aliphatic rings. The summed E-state index contributed by atoms with van der Waals surface area (Å²) in [5.74, 6) is 0.595. The third-order valence-corrected chi connectivity index (χ3v) is 2.84. The van der Waals surface area contributed by atoms with Crippen molar-refractivity contribution >= 4 is 5.96 Å². The van der Waals surface area contributed by atoms with Gasteiger partial charge in [-0.05, 0) is 32.1 Å². The fourth-order valence-electron chi connectivity index (χ4n) is 1.47. The van der Waals surface area contributed by atoms with E-state index in [1.54, 1.807) is 0 Å². The Hall–Kier alpha value is -0.730. The molecule has 0 aromatic rings. The van der Waals surface area contributed by atoms with Gasteiger partial charge >= 0.3 is 0 Å². The SMILES string of the molecule is CCC1(C)CC1N=C(N)NC(C)C. The molecule has 0 spiro atoms. The molecule has 1 saturated carbocycles. The molecule has 1 aliphatic carbocycles. The van der Waals surface area contributed by atoms with E-state index in [1.807, 2.05) is 0 Å². The molecular formula is C10H21N3. The number of hydrogen-bond donors (Lipinski definition) is 2. The van der Waals surface area contributed by atoms with Crippen molar-refractivity contribution in [1.29, 1.82) is 0 Å². The average Bonchev–Trinajstić information content (AvgIpc) is 2.61. The van der Waals surface area contributed by atoms with Gasteiger partial charge in [-0.2, -0.15) is 0 Å². The topological polar surface area (TPSA) is 50.4 Å². The summed E-state index contributed by atoms with van der Waals surface area (Å²) in [6.07, 6.45) is 2.38. The Balaban J connectivity index is 2.41. The minimum Gasteiger partial charge on any atom is -0.370 e. The Bertz CT molecular complexity index is 210. The summed E-state index contributed by atoms with van der Waals surface area (Å²) in [7, 11) is 0. The smallest absolute Gasteiger partial charge is 0.189 e.